The molecule has 1 aliphatic carbocycles. The SMILES string of the molecule is C[C@H](NCc1ccc(F)cc1Br)C1CCCCC1. The predicted molar refractivity (Wildman–Crippen MR) is 77.0 cm³/mol. The van der Waals surface area contributed by atoms with Gasteiger partial charge in [0.25, 0.3) is 0 Å². The number of nitrogens with one attached hydrogen (secondary N) is 1. The molecule has 1 saturated carbocycles. The van der Waals surface area contributed by atoms with E-state index in [9.17, 15) is 4.39 Å². The van der Waals surface area contributed by atoms with Crippen molar-refractivity contribution in [2.75, 3.05) is 0 Å². The van der Waals surface area contributed by atoms with Crippen molar-refractivity contribution in [2.24, 2.45) is 5.92 Å². The van der Waals surface area contributed by atoms with E-state index in [4.69, 9.17) is 0 Å². The van der Waals surface area contributed by atoms with E-state index in [1.54, 1.807) is 0 Å². The maximum absolute atomic E-state index is 13.0. The van der Waals surface area contributed by atoms with Crippen LogP contribution in [0.2, 0.25) is 0 Å². The van der Waals surface area contributed by atoms with Gasteiger partial charge in [0.2, 0.25) is 0 Å². The normalized spacial score (nSPS) is 18.8. The van der Waals surface area contributed by atoms with Crippen LogP contribution in [-0.2, 0) is 6.54 Å². The molecule has 0 amide bonds. The summed E-state index contributed by atoms with van der Waals surface area (Å²) in [6.45, 7) is 3.08. The summed E-state index contributed by atoms with van der Waals surface area (Å²) in [5.41, 5.74) is 1.12. The van der Waals surface area contributed by atoms with Crippen molar-refractivity contribution >= 4 is 15.9 Å². The Morgan fingerprint density at radius 2 is 2.06 bits per heavy atom. The third-order valence-electron chi connectivity index (χ3n) is 3.99. The molecule has 0 heterocycles. The maximum Gasteiger partial charge on any atom is 0.124 e. The lowest BCUT2D eigenvalue weighted by Crippen LogP contribution is -2.34. The van der Waals surface area contributed by atoms with Crippen LogP contribution in [0.4, 0.5) is 4.39 Å². The van der Waals surface area contributed by atoms with Gasteiger partial charge >= 0.3 is 0 Å². The van der Waals surface area contributed by atoms with E-state index in [1.165, 1.54) is 44.2 Å². The summed E-state index contributed by atoms with van der Waals surface area (Å²) in [7, 11) is 0. The molecule has 100 valence electrons. The minimum atomic E-state index is -0.189. The molecule has 1 aromatic rings. The van der Waals surface area contributed by atoms with Crippen molar-refractivity contribution < 1.29 is 4.39 Å². The van der Waals surface area contributed by atoms with E-state index in [0.717, 1.165) is 22.5 Å². The molecule has 0 aliphatic heterocycles. The summed E-state index contributed by atoms with van der Waals surface area (Å²) in [5.74, 6) is 0.615. The standard InChI is InChI=1S/C15H21BrFN/c1-11(12-5-3-2-4-6-12)18-10-13-7-8-14(17)9-15(13)16/h7-9,11-12,18H,2-6,10H2,1H3/t11-/m0/s1. The molecule has 0 bridgehead atoms. The third kappa shape index (κ3) is 3.79. The summed E-state index contributed by atoms with van der Waals surface area (Å²) in [5, 5.41) is 3.58. The van der Waals surface area contributed by atoms with Crippen molar-refractivity contribution in [3.63, 3.8) is 0 Å². The monoisotopic (exact) mass is 313 g/mol. The number of hydrogen-bond acceptors (Lipinski definition) is 1. The number of rotatable bonds is 4. The first kappa shape index (κ1) is 14.0. The van der Waals surface area contributed by atoms with Gasteiger partial charge in [-0.15, -0.1) is 0 Å². The molecule has 3 heteroatoms. The lowest BCUT2D eigenvalue weighted by molar-refractivity contribution is 0.280. The van der Waals surface area contributed by atoms with Crippen LogP contribution in [0.25, 0.3) is 0 Å². The van der Waals surface area contributed by atoms with Gasteiger partial charge in [0.05, 0.1) is 0 Å². The Kier molecular flexibility index (Phi) is 5.19. The summed E-state index contributed by atoms with van der Waals surface area (Å²) in [6.07, 6.45) is 6.83. The molecule has 0 aromatic heterocycles. The Morgan fingerprint density at radius 3 is 2.72 bits per heavy atom. The molecular formula is C15H21BrFN. The smallest absolute Gasteiger partial charge is 0.124 e. The lowest BCUT2D eigenvalue weighted by Gasteiger charge is -2.28. The minimum absolute atomic E-state index is 0.189. The summed E-state index contributed by atoms with van der Waals surface area (Å²) in [4.78, 5) is 0. The van der Waals surface area contributed by atoms with E-state index in [2.05, 4.69) is 28.2 Å². The third-order valence-corrected chi connectivity index (χ3v) is 4.72. The Morgan fingerprint density at radius 1 is 1.33 bits per heavy atom. The molecule has 1 aliphatic rings. The molecule has 1 aromatic carbocycles. The van der Waals surface area contributed by atoms with Crippen molar-refractivity contribution in [1.82, 2.24) is 5.32 Å². The Labute approximate surface area is 117 Å². The van der Waals surface area contributed by atoms with E-state index in [-0.39, 0.29) is 5.82 Å². The Bertz CT molecular complexity index is 388. The Hall–Kier alpha value is -0.410. The summed E-state index contributed by atoms with van der Waals surface area (Å²) >= 11 is 3.41. The Balaban J connectivity index is 1.86. The van der Waals surface area contributed by atoms with Crippen LogP contribution in [0, 0.1) is 11.7 Å². The lowest BCUT2D eigenvalue weighted by atomic mass is 9.84. The van der Waals surface area contributed by atoms with Crippen LogP contribution in [0.15, 0.2) is 22.7 Å². The quantitative estimate of drug-likeness (QED) is 0.853. The van der Waals surface area contributed by atoms with E-state index in [0.29, 0.717) is 6.04 Å². The number of hydrogen-bond donors (Lipinski definition) is 1. The predicted octanol–water partition coefficient (Wildman–Crippen LogP) is 4.65. The van der Waals surface area contributed by atoms with Crippen LogP contribution in [-0.4, -0.2) is 6.04 Å². The molecule has 0 radical (unpaired) electrons. The van der Waals surface area contributed by atoms with Gasteiger partial charge in [-0.3, -0.25) is 0 Å². The van der Waals surface area contributed by atoms with Crippen molar-refractivity contribution in [1.29, 1.82) is 0 Å². The minimum Gasteiger partial charge on any atom is -0.310 e. The number of halogens is 2. The van der Waals surface area contributed by atoms with Crippen LogP contribution >= 0.6 is 15.9 Å². The highest BCUT2D eigenvalue weighted by Crippen LogP contribution is 2.26. The highest BCUT2D eigenvalue weighted by atomic mass is 79.9. The largest absolute Gasteiger partial charge is 0.310 e. The first-order valence-corrected chi connectivity index (χ1v) is 7.63. The fourth-order valence-corrected chi connectivity index (χ4v) is 3.23. The second-order valence-electron chi connectivity index (χ2n) is 5.30. The van der Waals surface area contributed by atoms with Crippen molar-refractivity contribution in [3.8, 4) is 0 Å². The highest BCUT2D eigenvalue weighted by molar-refractivity contribution is 9.10. The zero-order valence-electron chi connectivity index (χ0n) is 10.9. The molecule has 1 atom stereocenters. The molecule has 1 nitrogen and oxygen atoms in total. The summed E-state index contributed by atoms with van der Waals surface area (Å²) < 4.78 is 13.8. The van der Waals surface area contributed by atoms with Gasteiger partial charge in [-0.05, 0) is 43.4 Å². The average Bonchev–Trinajstić information content (AvgIpc) is 2.38. The fraction of sp³-hybridized carbons (Fsp3) is 0.600. The van der Waals surface area contributed by atoms with Gasteiger partial charge in [0.15, 0.2) is 0 Å². The zero-order chi connectivity index (χ0) is 13.0. The first-order valence-electron chi connectivity index (χ1n) is 6.84. The van der Waals surface area contributed by atoms with Gasteiger partial charge < -0.3 is 5.32 Å². The van der Waals surface area contributed by atoms with Gasteiger partial charge in [-0.1, -0.05) is 41.3 Å². The van der Waals surface area contributed by atoms with Crippen molar-refractivity contribution in [3.05, 3.63) is 34.1 Å². The fourth-order valence-electron chi connectivity index (χ4n) is 2.74. The molecule has 18 heavy (non-hydrogen) atoms. The highest BCUT2D eigenvalue weighted by Gasteiger charge is 2.19. The van der Waals surface area contributed by atoms with Crippen molar-refractivity contribution in [2.45, 2.75) is 51.6 Å². The maximum atomic E-state index is 13.0. The van der Waals surface area contributed by atoms with Gasteiger partial charge in [0.1, 0.15) is 5.82 Å². The topological polar surface area (TPSA) is 12.0 Å². The van der Waals surface area contributed by atoms with E-state index < -0.39 is 0 Å². The first-order chi connectivity index (χ1) is 8.66. The van der Waals surface area contributed by atoms with E-state index in [1.807, 2.05) is 6.07 Å². The second kappa shape index (κ2) is 6.67. The van der Waals surface area contributed by atoms with Crippen LogP contribution in [0.3, 0.4) is 0 Å². The van der Waals surface area contributed by atoms with Crippen LogP contribution < -0.4 is 5.32 Å². The van der Waals surface area contributed by atoms with Crippen LogP contribution in [0.5, 0.6) is 0 Å². The zero-order valence-corrected chi connectivity index (χ0v) is 12.5. The van der Waals surface area contributed by atoms with Crippen LogP contribution in [0.1, 0.15) is 44.6 Å². The number of benzene rings is 1. The molecule has 1 fully saturated rings. The van der Waals surface area contributed by atoms with E-state index >= 15 is 0 Å². The molecule has 0 unspecified atom stereocenters. The summed E-state index contributed by atoms with van der Waals surface area (Å²) in [6, 6.07) is 5.44. The van der Waals surface area contributed by atoms with Gasteiger partial charge in [-0.25, -0.2) is 4.39 Å². The molecule has 0 spiro atoms. The molecular weight excluding hydrogens is 293 g/mol. The molecule has 2 rings (SSSR count). The molecule has 0 saturated heterocycles. The van der Waals surface area contributed by atoms with Gasteiger partial charge in [0, 0.05) is 17.1 Å². The second-order valence-corrected chi connectivity index (χ2v) is 6.16. The molecule has 1 N–H and O–H groups in total. The average molecular weight is 314 g/mol. The van der Waals surface area contributed by atoms with Gasteiger partial charge in [-0.2, -0.15) is 0 Å².